The van der Waals surface area contributed by atoms with Gasteiger partial charge in [0.25, 0.3) is 0 Å². The molecule has 0 aliphatic carbocycles. The second-order valence-electron chi connectivity index (χ2n) is 12.0. The number of nitrogens with one attached hydrogen (secondary N) is 1. The molecule has 0 amide bonds. The van der Waals surface area contributed by atoms with Gasteiger partial charge in [0.2, 0.25) is 0 Å². The summed E-state index contributed by atoms with van der Waals surface area (Å²) in [4.78, 5) is 0. The minimum absolute atomic E-state index is 0.0341. The van der Waals surface area contributed by atoms with Crippen molar-refractivity contribution in [3.8, 4) is 17.6 Å². The molecular weight excluding hydrogens is 528 g/mol. The molecule has 1 heterocycles. The third-order valence-corrected chi connectivity index (χ3v) is 8.69. The lowest BCUT2D eigenvalue weighted by Crippen LogP contribution is -2.20. The van der Waals surface area contributed by atoms with Crippen molar-refractivity contribution in [3.63, 3.8) is 0 Å². The fourth-order valence-electron chi connectivity index (χ4n) is 6.36. The lowest BCUT2D eigenvalue weighted by molar-refractivity contribution is 0.289. The molecule has 5 rings (SSSR count). The SMILES string of the molecule is Cc1cccc(COc2ccccc2CCCC(CCc2ccccc2OCc2cccc(C)c2)C2CN[C@@H](C#N)C2)c1. The third-order valence-electron chi connectivity index (χ3n) is 8.69. The van der Waals surface area contributed by atoms with Crippen molar-refractivity contribution in [2.24, 2.45) is 11.8 Å². The Morgan fingerprint density at radius 3 is 1.88 bits per heavy atom. The molecule has 1 fully saturated rings. The second-order valence-corrected chi connectivity index (χ2v) is 12.0. The van der Waals surface area contributed by atoms with Crippen molar-refractivity contribution >= 4 is 0 Å². The van der Waals surface area contributed by atoms with Crippen LogP contribution in [0.3, 0.4) is 0 Å². The van der Waals surface area contributed by atoms with E-state index in [4.69, 9.17) is 9.47 Å². The van der Waals surface area contributed by atoms with Gasteiger partial charge in [0.05, 0.1) is 12.1 Å². The Labute approximate surface area is 257 Å². The molecule has 1 N–H and O–H groups in total. The Bertz CT molecular complexity index is 1510. The van der Waals surface area contributed by atoms with Gasteiger partial charge in [0, 0.05) is 0 Å². The van der Waals surface area contributed by atoms with Crippen molar-refractivity contribution in [2.75, 3.05) is 6.54 Å². The summed E-state index contributed by atoms with van der Waals surface area (Å²) in [5.41, 5.74) is 7.41. The summed E-state index contributed by atoms with van der Waals surface area (Å²) in [6.07, 6.45) is 6.19. The van der Waals surface area contributed by atoms with Crippen LogP contribution in [0, 0.1) is 37.0 Å². The normalized spacial score (nSPS) is 16.9. The maximum atomic E-state index is 9.54. The van der Waals surface area contributed by atoms with E-state index in [9.17, 15) is 5.26 Å². The number of para-hydroxylation sites is 2. The molecule has 2 unspecified atom stereocenters. The van der Waals surface area contributed by atoms with E-state index in [2.05, 4.69) is 122 Å². The van der Waals surface area contributed by atoms with Crippen LogP contribution in [0.4, 0.5) is 0 Å². The standard InChI is InChI=1S/C39H44N2O2/c1-29-10-7-12-31(22-29)27-42-38-18-5-3-14-34(38)17-9-16-33(36-24-37(25-40)41-26-36)20-21-35-15-4-6-19-39(35)43-28-32-13-8-11-30(2)23-32/h3-8,10-15,18-19,22-23,33,36-37,41H,9,16-17,20-21,24,26-28H2,1-2H3/t33?,36?,37-/m1/s1. The molecule has 4 aromatic carbocycles. The molecule has 1 aliphatic rings. The molecule has 43 heavy (non-hydrogen) atoms. The van der Waals surface area contributed by atoms with Crippen LogP contribution in [0.1, 0.15) is 59.1 Å². The number of rotatable bonds is 14. The van der Waals surface area contributed by atoms with Crippen molar-refractivity contribution in [3.05, 3.63) is 130 Å². The smallest absolute Gasteiger partial charge is 0.122 e. The third kappa shape index (κ3) is 8.96. The van der Waals surface area contributed by atoms with Gasteiger partial charge < -0.3 is 14.8 Å². The van der Waals surface area contributed by atoms with Crippen LogP contribution in [-0.4, -0.2) is 12.6 Å². The molecule has 0 bridgehead atoms. The van der Waals surface area contributed by atoms with E-state index in [0.29, 0.717) is 25.0 Å². The Morgan fingerprint density at radius 2 is 1.33 bits per heavy atom. The maximum Gasteiger partial charge on any atom is 0.122 e. The highest BCUT2D eigenvalue weighted by Gasteiger charge is 2.30. The molecule has 3 atom stereocenters. The van der Waals surface area contributed by atoms with Crippen molar-refractivity contribution in [1.29, 1.82) is 5.26 Å². The largest absolute Gasteiger partial charge is 0.489 e. The number of aryl methyl sites for hydroxylation is 4. The van der Waals surface area contributed by atoms with Crippen LogP contribution >= 0.6 is 0 Å². The number of benzene rings is 4. The van der Waals surface area contributed by atoms with Gasteiger partial charge in [-0.05, 0) is 105 Å². The first-order valence-corrected chi connectivity index (χ1v) is 15.7. The molecule has 4 aromatic rings. The number of hydrogen-bond donors (Lipinski definition) is 1. The highest BCUT2D eigenvalue weighted by Crippen LogP contribution is 2.33. The minimum Gasteiger partial charge on any atom is -0.489 e. The van der Waals surface area contributed by atoms with Gasteiger partial charge in [-0.15, -0.1) is 0 Å². The summed E-state index contributed by atoms with van der Waals surface area (Å²) in [6.45, 7) is 6.30. The van der Waals surface area contributed by atoms with E-state index in [1.54, 1.807) is 0 Å². The molecule has 0 radical (unpaired) electrons. The number of hydrogen-bond acceptors (Lipinski definition) is 4. The summed E-state index contributed by atoms with van der Waals surface area (Å²) < 4.78 is 12.6. The monoisotopic (exact) mass is 572 g/mol. The van der Waals surface area contributed by atoms with Crippen LogP contribution < -0.4 is 14.8 Å². The molecule has 4 nitrogen and oxygen atoms in total. The predicted octanol–water partition coefficient (Wildman–Crippen LogP) is 8.53. The first kappa shape index (κ1) is 30.4. The summed E-state index contributed by atoms with van der Waals surface area (Å²) in [7, 11) is 0. The molecule has 0 saturated carbocycles. The molecule has 0 spiro atoms. The van der Waals surface area contributed by atoms with Gasteiger partial charge in [-0.25, -0.2) is 0 Å². The highest BCUT2D eigenvalue weighted by atomic mass is 16.5. The van der Waals surface area contributed by atoms with E-state index in [1.807, 2.05) is 0 Å². The van der Waals surface area contributed by atoms with Crippen LogP contribution in [0.2, 0.25) is 0 Å². The second kappa shape index (κ2) is 15.4. The minimum atomic E-state index is -0.0341. The molecule has 222 valence electrons. The molecule has 1 aliphatic heterocycles. The zero-order valence-corrected chi connectivity index (χ0v) is 25.6. The number of ether oxygens (including phenoxy) is 2. The Balaban J connectivity index is 1.20. The van der Waals surface area contributed by atoms with Crippen molar-refractivity contribution in [2.45, 2.75) is 71.6 Å². The zero-order chi connectivity index (χ0) is 29.9. The lowest BCUT2D eigenvalue weighted by Gasteiger charge is -2.24. The highest BCUT2D eigenvalue weighted by molar-refractivity contribution is 5.35. The van der Waals surface area contributed by atoms with Gasteiger partial charge in [-0.2, -0.15) is 5.26 Å². The Kier molecular flexibility index (Phi) is 10.9. The summed E-state index contributed by atoms with van der Waals surface area (Å²) >= 11 is 0. The van der Waals surface area contributed by atoms with E-state index >= 15 is 0 Å². The van der Waals surface area contributed by atoms with Crippen LogP contribution in [0.25, 0.3) is 0 Å². The molecule has 1 saturated heterocycles. The van der Waals surface area contributed by atoms with Crippen LogP contribution in [0.5, 0.6) is 11.5 Å². The van der Waals surface area contributed by atoms with Gasteiger partial charge in [-0.1, -0.05) is 96.1 Å². The van der Waals surface area contributed by atoms with Gasteiger partial charge >= 0.3 is 0 Å². The summed E-state index contributed by atoms with van der Waals surface area (Å²) in [6, 6.07) is 36.3. The molecule has 4 heteroatoms. The van der Waals surface area contributed by atoms with Crippen LogP contribution in [0.15, 0.2) is 97.1 Å². The average molecular weight is 573 g/mol. The average Bonchev–Trinajstić information content (AvgIpc) is 3.51. The fourth-order valence-corrected chi connectivity index (χ4v) is 6.36. The van der Waals surface area contributed by atoms with Crippen molar-refractivity contribution in [1.82, 2.24) is 5.32 Å². The topological polar surface area (TPSA) is 54.3 Å². The maximum absolute atomic E-state index is 9.54. The quantitative estimate of drug-likeness (QED) is 0.165. The number of nitriles is 1. The van der Waals surface area contributed by atoms with E-state index < -0.39 is 0 Å². The number of nitrogens with zero attached hydrogens (tertiary/aromatic N) is 1. The first-order valence-electron chi connectivity index (χ1n) is 15.7. The van der Waals surface area contributed by atoms with Crippen molar-refractivity contribution < 1.29 is 9.47 Å². The van der Waals surface area contributed by atoms with Gasteiger partial charge in [0.15, 0.2) is 0 Å². The van der Waals surface area contributed by atoms with Crippen LogP contribution in [-0.2, 0) is 26.1 Å². The summed E-state index contributed by atoms with van der Waals surface area (Å²) in [5, 5.41) is 13.0. The molecule has 0 aromatic heterocycles. The fraction of sp³-hybridized carbons (Fsp3) is 0.359. The zero-order valence-electron chi connectivity index (χ0n) is 25.6. The van der Waals surface area contributed by atoms with Gasteiger partial charge in [0.1, 0.15) is 24.7 Å². The Hall–Kier alpha value is -4.07. The van der Waals surface area contributed by atoms with E-state index in [-0.39, 0.29) is 6.04 Å². The first-order chi connectivity index (χ1) is 21.1. The molecular formula is C39H44N2O2. The Morgan fingerprint density at radius 1 is 0.744 bits per heavy atom. The summed E-state index contributed by atoms with van der Waals surface area (Å²) in [5.74, 6) is 3.00. The predicted molar refractivity (Wildman–Crippen MR) is 174 cm³/mol. The van der Waals surface area contributed by atoms with Gasteiger partial charge in [-0.3, -0.25) is 0 Å². The lowest BCUT2D eigenvalue weighted by atomic mass is 9.81. The van der Waals surface area contributed by atoms with E-state index in [0.717, 1.165) is 56.6 Å². The van der Waals surface area contributed by atoms with E-state index in [1.165, 1.54) is 33.4 Å².